The summed E-state index contributed by atoms with van der Waals surface area (Å²) in [7, 11) is 0. The molecule has 0 saturated carbocycles. The first-order valence-corrected chi connectivity index (χ1v) is 12.5. The number of alkyl halides is 5. The second-order valence-electron chi connectivity index (χ2n) is 7.91. The fourth-order valence-corrected chi connectivity index (χ4v) is 4.18. The number of aliphatic imine (C=N–C) groups is 2. The van der Waals surface area contributed by atoms with Crippen LogP contribution in [0.1, 0.15) is 11.1 Å². The maximum atomic E-state index is 12.8. The Balaban J connectivity index is 1.39. The molecule has 15 heteroatoms. The average molecular weight is 591 g/mol. The SMILES string of the molecule is NC(=NC=Nc1ccc(OC(F)(F)F)cc1)c1ccc(/C=N\N=C2\SCC(=O)N2c2ccccc2OC(F)F)cc1. The number of carbonyl (C=O) groups excluding carboxylic acids is 1. The molecule has 0 radical (unpaired) electrons. The van der Waals surface area contributed by atoms with Crippen molar-refractivity contribution >= 4 is 52.6 Å². The molecular formula is C26H19F5N6O3S. The molecule has 1 aliphatic rings. The van der Waals surface area contributed by atoms with Gasteiger partial charge in [0.05, 0.1) is 23.3 Å². The number of rotatable bonds is 9. The third-order valence-electron chi connectivity index (χ3n) is 5.12. The second-order valence-corrected chi connectivity index (χ2v) is 8.86. The number of halogens is 5. The zero-order chi connectivity index (χ0) is 29.4. The van der Waals surface area contributed by atoms with Crippen LogP contribution in [0.2, 0.25) is 0 Å². The topological polar surface area (TPSA) is 114 Å². The van der Waals surface area contributed by atoms with Gasteiger partial charge in [-0.2, -0.15) is 13.9 Å². The predicted molar refractivity (Wildman–Crippen MR) is 146 cm³/mol. The molecule has 1 aliphatic heterocycles. The van der Waals surface area contributed by atoms with Gasteiger partial charge in [0.1, 0.15) is 23.7 Å². The molecule has 0 aliphatic carbocycles. The van der Waals surface area contributed by atoms with Gasteiger partial charge in [-0.1, -0.05) is 48.2 Å². The van der Waals surface area contributed by atoms with Crippen molar-refractivity contribution in [2.75, 3.05) is 10.7 Å². The number of carbonyl (C=O) groups is 1. The molecule has 4 rings (SSSR count). The minimum absolute atomic E-state index is 0.0613. The zero-order valence-corrected chi connectivity index (χ0v) is 21.5. The highest BCUT2D eigenvalue weighted by Crippen LogP contribution is 2.35. The molecule has 0 atom stereocenters. The Bertz CT molecular complexity index is 1490. The van der Waals surface area contributed by atoms with Crippen LogP contribution in [-0.4, -0.2) is 48.2 Å². The number of ether oxygens (including phenoxy) is 2. The van der Waals surface area contributed by atoms with Crippen molar-refractivity contribution in [3.63, 3.8) is 0 Å². The van der Waals surface area contributed by atoms with Crippen molar-refractivity contribution in [1.29, 1.82) is 0 Å². The van der Waals surface area contributed by atoms with Crippen LogP contribution < -0.4 is 20.1 Å². The minimum atomic E-state index is -4.78. The van der Waals surface area contributed by atoms with E-state index in [0.29, 0.717) is 16.8 Å². The predicted octanol–water partition coefficient (Wildman–Crippen LogP) is 5.72. The number of nitrogens with zero attached hydrogens (tertiary/aromatic N) is 5. The van der Waals surface area contributed by atoms with Crippen molar-refractivity contribution in [2.24, 2.45) is 25.9 Å². The molecular weight excluding hydrogens is 571 g/mol. The summed E-state index contributed by atoms with van der Waals surface area (Å²) in [5.41, 5.74) is 7.65. The summed E-state index contributed by atoms with van der Waals surface area (Å²) in [5, 5.41) is 8.29. The molecule has 0 bridgehead atoms. The molecule has 1 saturated heterocycles. The van der Waals surface area contributed by atoms with E-state index in [9.17, 15) is 26.7 Å². The lowest BCUT2D eigenvalue weighted by molar-refractivity contribution is -0.274. The van der Waals surface area contributed by atoms with Crippen LogP contribution in [0.5, 0.6) is 11.5 Å². The first kappa shape index (κ1) is 29.2. The fourth-order valence-electron chi connectivity index (χ4n) is 3.36. The number of hydrogen-bond donors (Lipinski definition) is 1. The van der Waals surface area contributed by atoms with E-state index in [1.54, 1.807) is 30.3 Å². The first-order valence-electron chi connectivity index (χ1n) is 11.5. The Labute approximate surface area is 233 Å². The van der Waals surface area contributed by atoms with E-state index in [1.807, 2.05) is 0 Å². The number of para-hydroxylation sites is 2. The second kappa shape index (κ2) is 13.0. The highest BCUT2D eigenvalue weighted by atomic mass is 32.2. The Hall–Kier alpha value is -4.79. The zero-order valence-electron chi connectivity index (χ0n) is 20.7. The van der Waals surface area contributed by atoms with Crippen LogP contribution in [0, 0.1) is 0 Å². The van der Waals surface area contributed by atoms with Gasteiger partial charge in [0.2, 0.25) is 5.91 Å². The van der Waals surface area contributed by atoms with E-state index in [0.717, 1.165) is 30.2 Å². The summed E-state index contributed by atoms with van der Waals surface area (Å²) < 4.78 is 70.6. The molecule has 0 unspecified atom stereocenters. The van der Waals surface area contributed by atoms with Gasteiger partial charge >= 0.3 is 13.0 Å². The smallest absolute Gasteiger partial charge is 0.433 e. The van der Waals surface area contributed by atoms with Crippen molar-refractivity contribution in [1.82, 2.24) is 0 Å². The number of benzene rings is 3. The van der Waals surface area contributed by atoms with Crippen molar-refractivity contribution < 1.29 is 36.2 Å². The minimum Gasteiger partial charge on any atom is -0.433 e. The van der Waals surface area contributed by atoms with Gasteiger partial charge in [0, 0.05) is 5.56 Å². The molecule has 1 amide bonds. The molecule has 2 N–H and O–H groups in total. The van der Waals surface area contributed by atoms with Gasteiger partial charge in [-0.05, 0) is 42.0 Å². The maximum Gasteiger partial charge on any atom is 0.573 e. The Kier molecular flexibility index (Phi) is 9.29. The average Bonchev–Trinajstić information content (AvgIpc) is 3.29. The number of hydrogen-bond acceptors (Lipinski definition) is 7. The Morgan fingerprint density at radius 3 is 2.41 bits per heavy atom. The van der Waals surface area contributed by atoms with Crippen molar-refractivity contribution in [3.8, 4) is 11.5 Å². The third-order valence-corrected chi connectivity index (χ3v) is 6.03. The van der Waals surface area contributed by atoms with Gasteiger partial charge < -0.3 is 15.2 Å². The van der Waals surface area contributed by atoms with E-state index in [2.05, 4.69) is 29.7 Å². The largest absolute Gasteiger partial charge is 0.573 e. The molecule has 41 heavy (non-hydrogen) atoms. The van der Waals surface area contributed by atoms with Crippen molar-refractivity contribution in [2.45, 2.75) is 13.0 Å². The van der Waals surface area contributed by atoms with Crippen LogP contribution >= 0.6 is 11.8 Å². The normalized spacial score (nSPS) is 15.6. The molecule has 1 fully saturated rings. The molecule has 1 heterocycles. The highest BCUT2D eigenvalue weighted by Gasteiger charge is 2.32. The lowest BCUT2D eigenvalue weighted by Crippen LogP contribution is -2.29. The molecule has 212 valence electrons. The third kappa shape index (κ3) is 8.35. The lowest BCUT2D eigenvalue weighted by Gasteiger charge is -2.18. The van der Waals surface area contributed by atoms with Crippen molar-refractivity contribution in [3.05, 3.63) is 83.9 Å². The van der Waals surface area contributed by atoms with Crippen LogP contribution in [0.25, 0.3) is 0 Å². The van der Waals surface area contributed by atoms with E-state index in [1.165, 1.54) is 41.4 Å². The van der Waals surface area contributed by atoms with Crippen LogP contribution in [0.15, 0.2) is 93.0 Å². The number of amidine groups is 2. The van der Waals surface area contributed by atoms with E-state index in [4.69, 9.17) is 5.73 Å². The van der Waals surface area contributed by atoms with Gasteiger partial charge in [0.15, 0.2) is 5.17 Å². The van der Waals surface area contributed by atoms with Gasteiger partial charge in [0.25, 0.3) is 0 Å². The summed E-state index contributed by atoms with van der Waals surface area (Å²) in [6.07, 6.45) is -2.18. The lowest BCUT2D eigenvalue weighted by atomic mass is 10.1. The van der Waals surface area contributed by atoms with Crippen LogP contribution in [-0.2, 0) is 4.79 Å². The summed E-state index contributed by atoms with van der Waals surface area (Å²) >= 11 is 1.10. The Morgan fingerprint density at radius 1 is 1.02 bits per heavy atom. The van der Waals surface area contributed by atoms with Crippen LogP contribution in [0.3, 0.4) is 0 Å². The molecule has 0 aromatic heterocycles. The summed E-state index contributed by atoms with van der Waals surface area (Å²) in [4.78, 5) is 21.6. The summed E-state index contributed by atoms with van der Waals surface area (Å²) in [6.45, 7) is -3.06. The first-order chi connectivity index (χ1) is 19.6. The number of thioether (sulfide) groups is 1. The Morgan fingerprint density at radius 2 is 1.73 bits per heavy atom. The van der Waals surface area contributed by atoms with Gasteiger partial charge in [-0.3, -0.25) is 9.69 Å². The standard InChI is InChI=1S/C26H19F5N6O3S/c27-24(28)39-21-4-2-1-3-20(21)37-22(38)14-41-25(37)36-35-13-16-5-7-17(8-6-16)23(32)34-15-33-18-9-11-19(12-10-18)40-26(29,30)31/h1-13,15,24H,14H2,(H2,32,33,34)/b35-13-,36-25+. The molecule has 9 nitrogen and oxygen atoms in total. The molecule has 3 aromatic rings. The van der Waals surface area contributed by atoms with E-state index >= 15 is 0 Å². The van der Waals surface area contributed by atoms with E-state index in [-0.39, 0.29) is 39.8 Å². The monoisotopic (exact) mass is 590 g/mol. The van der Waals surface area contributed by atoms with Gasteiger partial charge in [-0.15, -0.1) is 18.3 Å². The van der Waals surface area contributed by atoms with Crippen LogP contribution in [0.4, 0.5) is 33.3 Å². The maximum absolute atomic E-state index is 12.8. The fraction of sp³-hybridized carbons (Fsp3) is 0.115. The molecule has 3 aromatic carbocycles. The highest BCUT2D eigenvalue weighted by molar-refractivity contribution is 8.15. The molecule has 0 spiro atoms. The number of nitrogens with two attached hydrogens (primary N) is 1. The number of anilines is 1. The van der Waals surface area contributed by atoms with Gasteiger partial charge in [-0.25, -0.2) is 9.98 Å². The summed E-state index contributed by atoms with van der Waals surface area (Å²) in [6, 6.07) is 17.5. The van der Waals surface area contributed by atoms with E-state index < -0.39 is 13.0 Å². The quantitative estimate of drug-likeness (QED) is 0.148. The summed E-state index contributed by atoms with van der Waals surface area (Å²) in [5.74, 6) is -0.693. The number of amides is 1.